The third-order valence-corrected chi connectivity index (χ3v) is 7.15. The van der Waals surface area contributed by atoms with E-state index in [4.69, 9.17) is 4.74 Å². The summed E-state index contributed by atoms with van der Waals surface area (Å²) in [4.78, 5) is 51.2. The van der Waals surface area contributed by atoms with Crippen molar-refractivity contribution in [2.75, 3.05) is 23.5 Å². The number of anilines is 2. The van der Waals surface area contributed by atoms with E-state index >= 15 is 0 Å². The molecule has 40 heavy (non-hydrogen) atoms. The van der Waals surface area contributed by atoms with Crippen LogP contribution in [0, 0.1) is 0 Å². The molecule has 0 saturated heterocycles. The molecule has 3 amide bonds. The van der Waals surface area contributed by atoms with Crippen LogP contribution in [0.1, 0.15) is 26.3 Å². The third-order valence-electron chi connectivity index (χ3n) is 5.45. The average molecular weight is 572 g/mol. The lowest BCUT2D eigenvalue weighted by atomic mass is 10.2. The van der Waals surface area contributed by atoms with Gasteiger partial charge in [-0.25, -0.2) is 4.79 Å². The fourth-order valence-electron chi connectivity index (χ4n) is 3.54. The maximum Gasteiger partial charge on any atom is 0.339 e. The number of nitrogens with one attached hydrogen (secondary N) is 3. The number of carbonyl (C=O) groups is 4. The molecule has 0 atom stereocenters. The Morgan fingerprint density at radius 1 is 0.900 bits per heavy atom. The van der Waals surface area contributed by atoms with Gasteiger partial charge in [0.15, 0.2) is 0 Å². The van der Waals surface area contributed by atoms with E-state index in [0.717, 1.165) is 10.5 Å². The van der Waals surface area contributed by atoms with Crippen molar-refractivity contribution in [1.29, 1.82) is 0 Å². The maximum atomic E-state index is 13.2. The first-order chi connectivity index (χ1) is 19.4. The van der Waals surface area contributed by atoms with Crippen LogP contribution in [0.25, 0.3) is 6.08 Å². The lowest BCUT2D eigenvalue weighted by Crippen LogP contribution is -2.30. The molecular formula is C30H25N3O5S2. The number of benzene rings is 3. The van der Waals surface area contributed by atoms with Gasteiger partial charge in [-0.2, -0.15) is 11.3 Å². The second-order valence-corrected chi connectivity index (χ2v) is 10.1. The number of hydrogen-bond donors (Lipinski definition) is 3. The predicted molar refractivity (Wildman–Crippen MR) is 158 cm³/mol. The first-order valence-corrected chi connectivity index (χ1v) is 14.0. The molecule has 4 aromatic rings. The van der Waals surface area contributed by atoms with Gasteiger partial charge in [0, 0.05) is 16.1 Å². The Morgan fingerprint density at radius 3 is 2.42 bits per heavy atom. The number of thioether (sulfide) groups is 1. The van der Waals surface area contributed by atoms with E-state index in [1.54, 1.807) is 72.8 Å². The standard InChI is InChI=1S/C30H25N3O5S2/c1-38-30(37)24-12-5-6-13-25(24)32-27(34)19-40-23-11-7-10-22(17-23)31-29(36)26(16-20-14-15-39-18-20)33-28(35)21-8-3-2-4-9-21/h2-18H,19H2,1H3,(H,31,36)(H,32,34)(H,33,35)/b26-16+. The number of hydrogen-bond acceptors (Lipinski definition) is 7. The van der Waals surface area contributed by atoms with Crippen molar-refractivity contribution < 1.29 is 23.9 Å². The molecule has 3 N–H and O–H groups in total. The topological polar surface area (TPSA) is 114 Å². The molecule has 1 aromatic heterocycles. The number of esters is 1. The normalized spacial score (nSPS) is 10.9. The van der Waals surface area contributed by atoms with E-state index in [9.17, 15) is 19.2 Å². The van der Waals surface area contributed by atoms with Crippen LogP contribution < -0.4 is 16.0 Å². The van der Waals surface area contributed by atoms with E-state index in [1.165, 1.54) is 30.2 Å². The first kappa shape index (κ1) is 28.3. The van der Waals surface area contributed by atoms with Crippen LogP contribution in [-0.4, -0.2) is 36.6 Å². The van der Waals surface area contributed by atoms with E-state index in [1.807, 2.05) is 29.0 Å². The number of para-hydroxylation sites is 1. The largest absolute Gasteiger partial charge is 0.465 e. The highest BCUT2D eigenvalue weighted by Gasteiger charge is 2.16. The Hall–Kier alpha value is -4.67. The quantitative estimate of drug-likeness (QED) is 0.128. The van der Waals surface area contributed by atoms with Crippen LogP contribution in [0.3, 0.4) is 0 Å². The minimum atomic E-state index is -0.542. The van der Waals surface area contributed by atoms with Crippen LogP contribution in [0.5, 0.6) is 0 Å². The number of methoxy groups -OCH3 is 1. The fourth-order valence-corrected chi connectivity index (χ4v) is 4.92. The molecule has 8 nitrogen and oxygen atoms in total. The first-order valence-electron chi connectivity index (χ1n) is 12.0. The predicted octanol–water partition coefficient (Wildman–Crippen LogP) is 5.68. The summed E-state index contributed by atoms with van der Waals surface area (Å²) in [5.74, 6) is -1.67. The number of ether oxygens (including phenoxy) is 1. The van der Waals surface area contributed by atoms with Crippen LogP contribution in [0.15, 0.2) is 106 Å². The molecule has 10 heteroatoms. The highest BCUT2D eigenvalue weighted by molar-refractivity contribution is 8.00. The van der Waals surface area contributed by atoms with Crippen molar-refractivity contribution in [3.63, 3.8) is 0 Å². The molecule has 0 aliphatic heterocycles. The highest BCUT2D eigenvalue weighted by Crippen LogP contribution is 2.23. The Balaban J connectivity index is 1.41. The van der Waals surface area contributed by atoms with E-state index in [0.29, 0.717) is 16.9 Å². The molecule has 0 fully saturated rings. The molecule has 0 unspecified atom stereocenters. The van der Waals surface area contributed by atoms with Gasteiger partial charge in [0.1, 0.15) is 5.70 Å². The molecule has 0 spiro atoms. The minimum Gasteiger partial charge on any atom is -0.465 e. The van der Waals surface area contributed by atoms with Crippen molar-refractivity contribution >= 4 is 64.2 Å². The summed E-state index contributed by atoms with van der Waals surface area (Å²) in [5, 5.41) is 12.0. The van der Waals surface area contributed by atoms with Crippen LogP contribution in [0.2, 0.25) is 0 Å². The van der Waals surface area contributed by atoms with Crippen LogP contribution >= 0.6 is 23.1 Å². The summed E-state index contributed by atoms with van der Waals surface area (Å²) in [5.41, 5.74) is 2.43. The zero-order chi connectivity index (χ0) is 28.3. The van der Waals surface area contributed by atoms with Crippen molar-refractivity contribution in [1.82, 2.24) is 5.32 Å². The van der Waals surface area contributed by atoms with Gasteiger partial charge in [0.05, 0.1) is 24.1 Å². The highest BCUT2D eigenvalue weighted by atomic mass is 32.2. The summed E-state index contributed by atoms with van der Waals surface area (Å²) in [6.07, 6.45) is 1.61. The van der Waals surface area contributed by atoms with Gasteiger partial charge in [-0.3, -0.25) is 14.4 Å². The number of amides is 3. The van der Waals surface area contributed by atoms with Gasteiger partial charge in [0.25, 0.3) is 11.8 Å². The van der Waals surface area contributed by atoms with E-state index < -0.39 is 17.8 Å². The lowest BCUT2D eigenvalue weighted by Gasteiger charge is -2.12. The Bertz CT molecular complexity index is 1540. The minimum absolute atomic E-state index is 0.0728. The molecule has 0 aliphatic rings. The van der Waals surface area contributed by atoms with Gasteiger partial charge in [-0.15, -0.1) is 11.8 Å². The lowest BCUT2D eigenvalue weighted by molar-refractivity contribution is -0.114. The molecule has 0 bridgehead atoms. The fraction of sp³-hybridized carbons (Fsp3) is 0.0667. The zero-order valence-corrected chi connectivity index (χ0v) is 23.0. The van der Waals surface area contributed by atoms with Gasteiger partial charge < -0.3 is 20.7 Å². The van der Waals surface area contributed by atoms with Crippen LogP contribution in [0.4, 0.5) is 11.4 Å². The van der Waals surface area contributed by atoms with Crippen molar-refractivity contribution in [2.24, 2.45) is 0 Å². The van der Waals surface area contributed by atoms with Gasteiger partial charge in [-0.05, 0) is 70.9 Å². The molecule has 0 aliphatic carbocycles. The number of carbonyl (C=O) groups excluding carboxylic acids is 4. The summed E-state index contributed by atoms with van der Waals surface area (Å²) >= 11 is 2.75. The van der Waals surface area contributed by atoms with Crippen LogP contribution in [-0.2, 0) is 14.3 Å². The monoisotopic (exact) mass is 571 g/mol. The maximum absolute atomic E-state index is 13.2. The molecule has 202 valence electrons. The third kappa shape index (κ3) is 7.92. The summed E-state index contributed by atoms with van der Waals surface area (Å²) in [6.45, 7) is 0. The summed E-state index contributed by atoms with van der Waals surface area (Å²) in [7, 11) is 1.28. The SMILES string of the molecule is COC(=O)c1ccccc1NC(=O)CSc1cccc(NC(=O)/C(=C\c2ccsc2)NC(=O)c2ccccc2)c1. The average Bonchev–Trinajstić information content (AvgIpc) is 3.49. The van der Waals surface area contributed by atoms with Crippen molar-refractivity contribution in [2.45, 2.75) is 4.90 Å². The Morgan fingerprint density at radius 2 is 1.68 bits per heavy atom. The van der Waals surface area contributed by atoms with Gasteiger partial charge in [-0.1, -0.05) is 36.4 Å². The summed E-state index contributed by atoms with van der Waals surface area (Å²) in [6, 6.07) is 24.1. The second kappa shape index (κ2) is 13.9. The molecule has 4 rings (SSSR count). The van der Waals surface area contributed by atoms with Gasteiger partial charge >= 0.3 is 5.97 Å². The molecule has 0 radical (unpaired) electrons. The molecule has 1 heterocycles. The van der Waals surface area contributed by atoms with E-state index in [2.05, 4.69) is 16.0 Å². The zero-order valence-electron chi connectivity index (χ0n) is 21.4. The van der Waals surface area contributed by atoms with E-state index in [-0.39, 0.29) is 22.9 Å². The second-order valence-electron chi connectivity index (χ2n) is 8.29. The number of rotatable bonds is 10. The smallest absolute Gasteiger partial charge is 0.339 e. The van der Waals surface area contributed by atoms with Crippen molar-refractivity contribution in [3.05, 3.63) is 118 Å². The molecule has 3 aromatic carbocycles. The molecule has 0 saturated carbocycles. The van der Waals surface area contributed by atoms with Crippen molar-refractivity contribution in [3.8, 4) is 0 Å². The number of thiophene rings is 1. The molecular weight excluding hydrogens is 546 g/mol. The Kier molecular flexibility index (Phi) is 9.87. The van der Waals surface area contributed by atoms with Gasteiger partial charge in [0.2, 0.25) is 5.91 Å². The summed E-state index contributed by atoms with van der Waals surface area (Å²) < 4.78 is 4.77. The Labute approximate surface area is 239 Å².